The molecule has 2 aromatic carbocycles. The van der Waals surface area contributed by atoms with Crippen molar-refractivity contribution in [3.05, 3.63) is 75.6 Å². The van der Waals surface area contributed by atoms with Crippen molar-refractivity contribution in [2.45, 2.75) is 50.9 Å². The van der Waals surface area contributed by atoms with Crippen LogP contribution in [0.3, 0.4) is 0 Å². The summed E-state index contributed by atoms with van der Waals surface area (Å²) in [5, 5.41) is 0.677. The molecule has 3 aromatic rings. The molecule has 0 amide bonds. The number of esters is 1. The largest absolute Gasteiger partial charge is 0.457 e. The molecule has 0 radical (unpaired) electrons. The topological polar surface area (TPSA) is 103 Å². The number of hydrogen-bond acceptors (Lipinski definition) is 7. The predicted molar refractivity (Wildman–Crippen MR) is 126 cm³/mol. The van der Waals surface area contributed by atoms with Crippen LogP contribution in [0.5, 0.6) is 0 Å². The molecule has 4 rings (SSSR count). The van der Waals surface area contributed by atoms with Crippen molar-refractivity contribution in [2.75, 3.05) is 13.1 Å². The maximum Gasteiger partial charge on any atom is 0.338 e. The first-order chi connectivity index (χ1) is 16.2. The lowest BCUT2D eigenvalue weighted by atomic mass is 10.1. The molecule has 34 heavy (non-hydrogen) atoms. The molecule has 1 aliphatic heterocycles. The van der Waals surface area contributed by atoms with E-state index in [0.717, 1.165) is 12.0 Å². The summed E-state index contributed by atoms with van der Waals surface area (Å²) in [6.45, 7) is 5.97. The Kier molecular flexibility index (Phi) is 6.88. The molecule has 0 saturated carbocycles. The van der Waals surface area contributed by atoms with Crippen LogP contribution < -0.4 is 5.63 Å². The fourth-order valence-corrected chi connectivity index (χ4v) is 5.74. The van der Waals surface area contributed by atoms with E-state index in [1.165, 1.54) is 34.6 Å². The molecule has 0 aliphatic carbocycles. The molecule has 0 N–H and O–H groups in total. The minimum absolute atomic E-state index is 0.0150. The highest BCUT2D eigenvalue weighted by Gasteiger charge is 2.32. The average molecular weight is 486 g/mol. The zero-order valence-corrected chi connectivity index (χ0v) is 20.1. The van der Waals surface area contributed by atoms with E-state index in [1.54, 1.807) is 6.07 Å². The quantitative estimate of drug-likeness (QED) is 0.389. The highest BCUT2D eigenvalue weighted by atomic mass is 32.2. The molecule has 1 aromatic heterocycles. The first-order valence-electron chi connectivity index (χ1n) is 11.2. The number of nitrogens with zero attached hydrogens (tertiary/aromatic N) is 1. The third-order valence-corrected chi connectivity index (χ3v) is 7.58. The van der Waals surface area contributed by atoms with Crippen LogP contribution in [0.2, 0.25) is 0 Å². The van der Waals surface area contributed by atoms with Crippen LogP contribution in [0.1, 0.15) is 42.3 Å². The summed E-state index contributed by atoms with van der Waals surface area (Å²) in [6.07, 6.45) is 0.345. The Morgan fingerprint density at radius 1 is 1.09 bits per heavy atom. The number of ether oxygens (including phenoxy) is 2. The van der Waals surface area contributed by atoms with Crippen molar-refractivity contribution in [3.8, 4) is 0 Å². The molecule has 0 spiro atoms. The summed E-state index contributed by atoms with van der Waals surface area (Å²) >= 11 is 0. The fourth-order valence-electron chi connectivity index (χ4n) is 4.10. The summed E-state index contributed by atoms with van der Waals surface area (Å²) < 4.78 is 44.0. The predicted octanol–water partition coefficient (Wildman–Crippen LogP) is 3.51. The lowest BCUT2D eigenvalue weighted by molar-refractivity contribution is -0.0440. The van der Waals surface area contributed by atoms with E-state index in [2.05, 4.69) is 0 Å². The molecule has 9 heteroatoms. The van der Waals surface area contributed by atoms with Gasteiger partial charge in [0.1, 0.15) is 12.2 Å². The van der Waals surface area contributed by atoms with Gasteiger partial charge in [0.2, 0.25) is 10.0 Å². The van der Waals surface area contributed by atoms with Crippen molar-refractivity contribution in [2.24, 2.45) is 0 Å². The normalized spacial score (nSPS) is 19.3. The molecule has 1 saturated heterocycles. The Bertz CT molecular complexity index is 1370. The first kappa shape index (κ1) is 24.1. The zero-order chi connectivity index (χ0) is 24.5. The monoisotopic (exact) mass is 485 g/mol. The van der Waals surface area contributed by atoms with Crippen LogP contribution in [0.25, 0.3) is 11.0 Å². The number of sulfonamides is 1. The van der Waals surface area contributed by atoms with Gasteiger partial charge in [-0.2, -0.15) is 4.31 Å². The molecule has 2 atom stereocenters. The Hall–Kier alpha value is -3.01. The highest BCUT2D eigenvalue weighted by molar-refractivity contribution is 7.89. The van der Waals surface area contributed by atoms with Gasteiger partial charge in [-0.1, -0.05) is 25.1 Å². The minimum Gasteiger partial charge on any atom is -0.457 e. The van der Waals surface area contributed by atoms with E-state index in [1.807, 2.05) is 32.9 Å². The molecular weight excluding hydrogens is 458 g/mol. The van der Waals surface area contributed by atoms with E-state index < -0.39 is 21.6 Å². The zero-order valence-electron chi connectivity index (χ0n) is 19.3. The number of morpholine rings is 1. The number of benzene rings is 2. The second kappa shape index (κ2) is 9.69. The van der Waals surface area contributed by atoms with Crippen molar-refractivity contribution in [1.82, 2.24) is 4.31 Å². The number of carbonyl (C=O) groups is 1. The molecule has 1 fully saturated rings. The van der Waals surface area contributed by atoms with E-state index >= 15 is 0 Å². The van der Waals surface area contributed by atoms with E-state index in [9.17, 15) is 18.0 Å². The van der Waals surface area contributed by atoms with Crippen molar-refractivity contribution >= 4 is 27.0 Å². The molecule has 180 valence electrons. The summed E-state index contributed by atoms with van der Waals surface area (Å²) in [6, 6.07) is 12.6. The van der Waals surface area contributed by atoms with E-state index in [0.29, 0.717) is 16.5 Å². The SMILES string of the molecule is CCc1ccc2c(COC(=O)c3cccc(S(=O)(=O)N4CC(C)OC(C)C4)c3)cc(=O)oc2c1. The van der Waals surface area contributed by atoms with Gasteiger partial charge in [-0.15, -0.1) is 0 Å². The van der Waals surface area contributed by atoms with Gasteiger partial charge < -0.3 is 13.9 Å². The van der Waals surface area contributed by atoms with Gasteiger partial charge in [0, 0.05) is 30.1 Å². The van der Waals surface area contributed by atoms with Crippen LogP contribution in [-0.2, 0) is 32.5 Å². The Labute approximate surface area is 198 Å². The molecule has 1 aliphatic rings. The molecule has 8 nitrogen and oxygen atoms in total. The second-order valence-electron chi connectivity index (χ2n) is 8.46. The van der Waals surface area contributed by atoms with E-state index in [-0.39, 0.29) is 42.4 Å². The molecule has 0 bridgehead atoms. The third kappa shape index (κ3) is 5.06. The van der Waals surface area contributed by atoms with Crippen LogP contribution >= 0.6 is 0 Å². The van der Waals surface area contributed by atoms with Gasteiger partial charge in [-0.05, 0) is 50.1 Å². The Morgan fingerprint density at radius 2 is 1.82 bits per heavy atom. The van der Waals surface area contributed by atoms with Crippen LogP contribution in [-0.4, -0.2) is 44.0 Å². The maximum absolute atomic E-state index is 13.1. The Balaban J connectivity index is 1.54. The van der Waals surface area contributed by atoms with Crippen LogP contribution in [0.4, 0.5) is 0 Å². The van der Waals surface area contributed by atoms with Gasteiger partial charge >= 0.3 is 11.6 Å². The fraction of sp³-hybridized carbons (Fsp3) is 0.360. The average Bonchev–Trinajstić information content (AvgIpc) is 2.81. The molecular formula is C25H27NO7S. The van der Waals surface area contributed by atoms with Gasteiger partial charge in [-0.3, -0.25) is 0 Å². The van der Waals surface area contributed by atoms with Crippen molar-refractivity contribution in [1.29, 1.82) is 0 Å². The van der Waals surface area contributed by atoms with Crippen molar-refractivity contribution < 1.29 is 27.1 Å². The first-order valence-corrected chi connectivity index (χ1v) is 12.6. The number of rotatable bonds is 6. The highest BCUT2D eigenvalue weighted by Crippen LogP contribution is 2.23. The van der Waals surface area contributed by atoms with Crippen LogP contribution in [0.15, 0.2) is 62.6 Å². The standard InChI is InChI=1S/C25H27NO7S/c1-4-18-8-9-22-20(12-24(27)33-23(22)10-18)15-31-25(28)19-6-5-7-21(11-19)34(29,30)26-13-16(2)32-17(3)14-26/h5-12,16-17H,4,13-15H2,1-3H3. The van der Waals surface area contributed by atoms with E-state index in [4.69, 9.17) is 13.9 Å². The van der Waals surface area contributed by atoms with Gasteiger partial charge in [0.05, 0.1) is 22.7 Å². The maximum atomic E-state index is 13.1. The van der Waals surface area contributed by atoms with Crippen LogP contribution in [0, 0.1) is 0 Å². The lowest BCUT2D eigenvalue weighted by Crippen LogP contribution is -2.48. The number of hydrogen-bond donors (Lipinski definition) is 0. The van der Waals surface area contributed by atoms with Gasteiger partial charge in [0.15, 0.2) is 0 Å². The molecule has 2 unspecified atom stereocenters. The number of fused-ring (bicyclic) bond motifs is 1. The summed E-state index contributed by atoms with van der Waals surface area (Å²) in [5.74, 6) is -0.688. The summed E-state index contributed by atoms with van der Waals surface area (Å²) in [5.41, 5.74) is 1.54. The minimum atomic E-state index is -3.80. The number of aryl methyl sites for hydroxylation is 1. The number of carbonyl (C=O) groups excluding carboxylic acids is 1. The third-order valence-electron chi connectivity index (χ3n) is 5.76. The lowest BCUT2D eigenvalue weighted by Gasteiger charge is -2.34. The smallest absolute Gasteiger partial charge is 0.338 e. The molecule has 2 heterocycles. The van der Waals surface area contributed by atoms with Gasteiger partial charge in [-0.25, -0.2) is 18.0 Å². The summed E-state index contributed by atoms with van der Waals surface area (Å²) in [7, 11) is -3.80. The van der Waals surface area contributed by atoms with Crippen molar-refractivity contribution in [3.63, 3.8) is 0 Å². The Morgan fingerprint density at radius 3 is 2.53 bits per heavy atom. The van der Waals surface area contributed by atoms with Gasteiger partial charge in [0.25, 0.3) is 0 Å². The summed E-state index contributed by atoms with van der Waals surface area (Å²) in [4.78, 5) is 24.7. The second-order valence-corrected chi connectivity index (χ2v) is 10.4.